The van der Waals surface area contributed by atoms with Crippen LogP contribution in [0.2, 0.25) is 0 Å². The van der Waals surface area contributed by atoms with Crippen LogP contribution in [-0.4, -0.2) is 45.0 Å². The van der Waals surface area contributed by atoms with E-state index in [9.17, 15) is 14.4 Å². The summed E-state index contributed by atoms with van der Waals surface area (Å²) in [4.78, 5) is 37.0. The van der Waals surface area contributed by atoms with Gasteiger partial charge in [0.05, 0.1) is 19.8 Å². The standard InChI is InChI=1S/C24H31NO6/c1-29-18-3-4-19(21(8-18)30-2)20(26)14-31-23(28)13-25-22(27)12-24-9-15-5-16(10-24)7-17(6-15)11-24/h3-4,8,15-17H,5-7,9-14H2,1-2H3,(H,25,27). The summed E-state index contributed by atoms with van der Waals surface area (Å²) in [5, 5.41) is 2.69. The molecule has 4 bridgehead atoms. The summed E-state index contributed by atoms with van der Waals surface area (Å²) < 4.78 is 15.4. The zero-order valence-electron chi connectivity index (χ0n) is 18.3. The fourth-order valence-corrected chi connectivity index (χ4v) is 6.38. The highest BCUT2D eigenvalue weighted by atomic mass is 16.5. The van der Waals surface area contributed by atoms with Gasteiger partial charge < -0.3 is 19.5 Å². The largest absolute Gasteiger partial charge is 0.497 e. The monoisotopic (exact) mass is 429 g/mol. The van der Waals surface area contributed by atoms with E-state index in [1.807, 2.05) is 0 Å². The van der Waals surface area contributed by atoms with Crippen LogP contribution in [0.4, 0.5) is 0 Å². The van der Waals surface area contributed by atoms with E-state index in [1.54, 1.807) is 18.2 Å². The van der Waals surface area contributed by atoms with Crippen molar-refractivity contribution in [3.63, 3.8) is 0 Å². The summed E-state index contributed by atoms with van der Waals surface area (Å²) >= 11 is 0. The van der Waals surface area contributed by atoms with Crippen molar-refractivity contribution in [2.45, 2.75) is 44.9 Å². The molecule has 1 amide bonds. The van der Waals surface area contributed by atoms with Gasteiger partial charge in [-0.2, -0.15) is 0 Å². The van der Waals surface area contributed by atoms with Crippen molar-refractivity contribution in [2.75, 3.05) is 27.4 Å². The van der Waals surface area contributed by atoms with E-state index in [0.717, 1.165) is 37.0 Å². The van der Waals surface area contributed by atoms with E-state index in [0.29, 0.717) is 23.5 Å². The first-order valence-electron chi connectivity index (χ1n) is 11.1. The highest BCUT2D eigenvalue weighted by Gasteiger charge is 2.51. The molecule has 31 heavy (non-hydrogen) atoms. The summed E-state index contributed by atoms with van der Waals surface area (Å²) in [7, 11) is 2.98. The van der Waals surface area contributed by atoms with Crippen molar-refractivity contribution < 1.29 is 28.6 Å². The van der Waals surface area contributed by atoms with Gasteiger partial charge >= 0.3 is 5.97 Å². The molecule has 0 unspecified atom stereocenters. The Morgan fingerprint density at radius 2 is 1.65 bits per heavy atom. The van der Waals surface area contributed by atoms with Gasteiger partial charge in [0, 0.05) is 12.5 Å². The SMILES string of the molecule is COc1ccc(C(=O)COC(=O)CNC(=O)CC23CC4CC(CC(C4)C2)C3)c(OC)c1. The maximum atomic E-state index is 12.5. The predicted octanol–water partition coefficient (Wildman–Crippen LogP) is 3.15. The number of Topliss-reactive ketones (excluding diaryl/α,β-unsaturated/α-hetero) is 1. The number of methoxy groups -OCH3 is 2. The number of nitrogens with one attached hydrogen (secondary N) is 1. The zero-order chi connectivity index (χ0) is 22.0. The van der Waals surface area contributed by atoms with Crippen LogP contribution in [0, 0.1) is 23.2 Å². The molecule has 4 saturated carbocycles. The van der Waals surface area contributed by atoms with Crippen LogP contribution in [0.25, 0.3) is 0 Å². The molecule has 0 heterocycles. The number of esters is 1. The number of carbonyl (C=O) groups excluding carboxylic acids is 3. The smallest absolute Gasteiger partial charge is 0.325 e. The van der Waals surface area contributed by atoms with Crippen LogP contribution in [-0.2, 0) is 14.3 Å². The number of carbonyl (C=O) groups is 3. The predicted molar refractivity (Wildman–Crippen MR) is 113 cm³/mol. The maximum Gasteiger partial charge on any atom is 0.325 e. The summed E-state index contributed by atoms with van der Waals surface area (Å²) in [5.74, 6) is 2.16. The lowest BCUT2D eigenvalue weighted by Crippen LogP contribution is -2.48. The molecule has 4 fully saturated rings. The Labute approximate surface area is 182 Å². The van der Waals surface area contributed by atoms with E-state index in [2.05, 4.69) is 5.32 Å². The Morgan fingerprint density at radius 3 is 2.23 bits per heavy atom. The Morgan fingerprint density at radius 1 is 1.00 bits per heavy atom. The Balaban J connectivity index is 1.22. The second-order valence-electron chi connectivity index (χ2n) is 9.52. The molecule has 1 aromatic carbocycles. The quantitative estimate of drug-likeness (QED) is 0.479. The molecule has 5 rings (SSSR count). The van der Waals surface area contributed by atoms with Gasteiger partial charge in [-0.05, 0) is 73.8 Å². The normalized spacial score (nSPS) is 28.1. The first-order chi connectivity index (χ1) is 14.9. The van der Waals surface area contributed by atoms with Crippen molar-refractivity contribution in [1.29, 1.82) is 0 Å². The fourth-order valence-electron chi connectivity index (χ4n) is 6.38. The van der Waals surface area contributed by atoms with Gasteiger partial charge in [-0.25, -0.2) is 0 Å². The minimum atomic E-state index is -0.625. The summed E-state index contributed by atoms with van der Waals surface area (Å²) in [6.07, 6.45) is 7.94. The molecular weight excluding hydrogens is 398 g/mol. The molecule has 1 N–H and O–H groups in total. The topological polar surface area (TPSA) is 90.9 Å². The Kier molecular flexibility index (Phi) is 6.21. The van der Waals surface area contributed by atoms with Crippen molar-refractivity contribution in [3.8, 4) is 11.5 Å². The van der Waals surface area contributed by atoms with Gasteiger partial charge in [0.15, 0.2) is 6.61 Å². The Bertz CT molecular complexity index is 828. The summed E-state index contributed by atoms with van der Waals surface area (Å²) in [5.41, 5.74) is 0.436. The lowest BCUT2D eigenvalue weighted by atomic mass is 9.49. The van der Waals surface area contributed by atoms with E-state index >= 15 is 0 Å². The second-order valence-corrected chi connectivity index (χ2v) is 9.52. The van der Waals surface area contributed by atoms with Crippen molar-refractivity contribution in [3.05, 3.63) is 23.8 Å². The van der Waals surface area contributed by atoms with Crippen molar-refractivity contribution in [1.82, 2.24) is 5.32 Å². The van der Waals surface area contributed by atoms with Crippen LogP contribution in [0.5, 0.6) is 11.5 Å². The first-order valence-corrected chi connectivity index (χ1v) is 11.1. The van der Waals surface area contributed by atoms with Gasteiger partial charge in [0.2, 0.25) is 11.7 Å². The highest BCUT2D eigenvalue weighted by Crippen LogP contribution is 2.61. The molecule has 0 atom stereocenters. The maximum absolute atomic E-state index is 12.5. The highest BCUT2D eigenvalue weighted by molar-refractivity contribution is 6.00. The third-order valence-electron chi connectivity index (χ3n) is 7.20. The third kappa shape index (κ3) is 4.86. The number of amides is 1. The zero-order valence-corrected chi connectivity index (χ0v) is 18.3. The van der Waals surface area contributed by atoms with Crippen LogP contribution in [0.3, 0.4) is 0 Å². The first kappa shape index (κ1) is 21.7. The molecule has 4 aliphatic rings. The number of benzene rings is 1. The molecule has 7 nitrogen and oxygen atoms in total. The van der Waals surface area contributed by atoms with Crippen LogP contribution < -0.4 is 14.8 Å². The van der Waals surface area contributed by atoms with E-state index in [-0.39, 0.29) is 23.7 Å². The number of hydrogen-bond donors (Lipinski definition) is 1. The van der Waals surface area contributed by atoms with Gasteiger partial charge in [0.25, 0.3) is 0 Å². The number of rotatable bonds is 9. The van der Waals surface area contributed by atoms with Gasteiger partial charge in [0.1, 0.15) is 18.0 Å². The van der Waals surface area contributed by atoms with Crippen LogP contribution in [0.1, 0.15) is 55.3 Å². The minimum absolute atomic E-state index is 0.0953. The molecule has 0 saturated heterocycles. The molecule has 4 aliphatic carbocycles. The molecule has 168 valence electrons. The fraction of sp³-hybridized carbons (Fsp3) is 0.625. The lowest BCUT2D eigenvalue weighted by Gasteiger charge is -2.56. The average molecular weight is 430 g/mol. The second kappa shape index (κ2) is 8.89. The average Bonchev–Trinajstić information content (AvgIpc) is 2.74. The molecule has 0 aromatic heterocycles. The van der Waals surface area contributed by atoms with Crippen LogP contribution >= 0.6 is 0 Å². The molecule has 1 aromatic rings. The summed E-state index contributed by atoms with van der Waals surface area (Å²) in [6.45, 7) is -0.634. The molecule has 0 radical (unpaired) electrons. The summed E-state index contributed by atoms with van der Waals surface area (Å²) in [6, 6.07) is 4.81. The van der Waals surface area contributed by atoms with Crippen molar-refractivity contribution >= 4 is 17.7 Å². The molecule has 0 aliphatic heterocycles. The van der Waals surface area contributed by atoms with Gasteiger partial charge in [-0.3, -0.25) is 14.4 Å². The minimum Gasteiger partial charge on any atom is -0.497 e. The van der Waals surface area contributed by atoms with E-state index in [4.69, 9.17) is 14.2 Å². The number of ether oxygens (including phenoxy) is 3. The number of hydrogen-bond acceptors (Lipinski definition) is 6. The Hall–Kier alpha value is -2.57. The molecular formula is C24H31NO6. The van der Waals surface area contributed by atoms with Crippen LogP contribution in [0.15, 0.2) is 18.2 Å². The van der Waals surface area contributed by atoms with Gasteiger partial charge in [-0.15, -0.1) is 0 Å². The van der Waals surface area contributed by atoms with E-state index < -0.39 is 12.6 Å². The van der Waals surface area contributed by atoms with E-state index in [1.165, 1.54) is 33.5 Å². The van der Waals surface area contributed by atoms with Crippen molar-refractivity contribution in [2.24, 2.45) is 23.2 Å². The number of ketones is 1. The van der Waals surface area contributed by atoms with Gasteiger partial charge in [-0.1, -0.05) is 0 Å². The third-order valence-corrected chi connectivity index (χ3v) is 7.20. The molecule has 7 heteroatoms. The lowest BCUT2D eigenvalue weighted by molar-refractivity contribution is -0.143. The molecule has 0 spiro atoms.